The van der Waals surface area contributed by atoms with Crippen molar-refractivity contribution in [2.24, 2.45) is 0 Å². The summed E-state index contributed by atoms with van der Waals surface area (Å²) in [6, 6.07) is 14.3. The summed E-state index contributed by atoms with van der Waals surface area (Å²) in [6.07, 6.45) is 0.649. The highest BCUT2D eigenvalue weighted by molar-refractivity contribution is 6.43. The van der Waals surface area contributed by atoms with Crippen molar-refractivity contribution >= 4 is 7.12 Å². The van der Waals surface area contributed by atoms with E-state index in [4.69, 9.17) is 14.1 Å². The average molecular weight is 312 g/mol. The second-order valence-electron chi connectivity index (χ2n) is 5.64. The molecule has 0 unspecified atom stereocenters. The number of hydrogen-bond acceptors (Lipinski definition) is 4. The van der Waals surface area contributed by atoms with Crippen LogP contribution in [0.25, 0.3) is 11.1 Å². The van der Waals surface area contributed by atoms with Gasteiger partial charge in [-0.25, -0.2) is 0 Å². The zero-order valence-corrected chi connectivity index (χ0v) is 13.5. The molecule has 23 heavy (non-hydrogen) atoms. The highest BCUT2D eigenvalue weighted by Crippen LogP contribution is 2.35. The molecule has 0 saturated carbocycles. The molecule has 3 rings (SSSR count). The van der Waals surface area contributed by atoms with Gasteiger partial charge >= 0.3 is 7.12 Å². The molecule has 1 aliphatic heterocycles. The standard InChI is InChI=1S/C18H21BO4/c1-3-22-18-10-15(7-8-17(18)21-2)13-5-4-6-14(9-13)16-11-19(20)23-12-16/h4-10,16,20H,3,11-12H2,1-2H3/t16-/m1/s1. The molecular weight excluding hydrogens is 291 g/mol. The van der Waals surface area contributed by atoms with Crippen LogP contribution in [0.2, 0.25) is 6.32 Å². The fourth-order valence-electron chi connectivity index (χ4n) is 2.94. The molecule has 4 nitrogen and oxygen atoms in total. The van der Waals surface area contributed by atoms with Crippen LogP contribution in [0, 0.1) is 0 Å². The minimum atomic E-state index is -0.644. The summed E-state index contributed by atoms with van der Waals surface area (Å²) in [6.45, 7) is 3.12. The van der Waals surface area contributed by atoms with E-state index in [1.165, 1.54) is 5.56 Å². The van der Waals surface area contributed by atoms with Gasteiger partial charge in [0.05, 0.1) is 13.7 Å². The van der Waals surface area contributed by atoms with Crippen LogP contribution in [0.15, 0.2) is 42.5 Å². The van der Waals surface area contributed by atoms with Gasteiger partial charge in [-0.15, -0.1) is 0 Å². The molecule has 0 aromatic heterocycles. The molecule has 0 spiro atoms. The van der Waals surface area contributed by atoms with Crippen LogP contribution in [0.5, 0.6) is 11.5 Å². The van der Waals surface area contributed by atoms with Crippen molar-refractivity contribution in [2.45, 2.75) is 19.2 Å². The van der Waals surface area contributed by atoms with E-state index in [2.05, 4.69) is 18.2 Å². The minimum absolute atomic E-state index is 0.245. The van der Waals surface area contributed by atoms with Crippen molar-refractivity contribution in [1.82, 2.24) is 0 Å². The summed E-state index contributed by atoms with van der Waals surface area (Å²) >= 11 is 0. The molecule has 1 atom stereocenters. The Morgan fingerprint density at radius 1 is 1.17 bits per heavy atom. The zero-order valence-electron chi connectivity index (χ0n) is 13.5. The number of ether oxygens (including phenoxy) is 2. The lowest BCUT2D eigenvalue weighted by Gasteiger charge is -2.13. The predicted octanol–water partition coefficient (Wildman–Crippen LogP) is 3.36. The second-order valence-corrected chi connectivity index (χ2v) is 5.64. The van der Waals surface area contributed by atoms with E-state index in [1.807, 2.05) is 31.2 Å². The zero-order chi connectivity index (χ0) is 16.2. The smallest absolute Gasteiger partial charge is 0.454 e. The van der Waals surface area contributed by atoms with Gasteiger partial charge in [-0.1, -0.05) is 30.3 Å². The fraction of sp³-hybridized carbons (Fsp3) is 0.333. The van der Waals surface area contributed by atoms with Crippen LogP contribution in [0.4, 0.5) is 0 Å². The first-order valence-corrected chi connectivity index (χ1v) is 7.92. The van der Waals surface area contributed by atoms with Crippen LogP contribution in [0.3, 0.4) is 0 Å². The van der Waals surface area contributed by atoms with E-state index in [1.54, 1.807) is 7.11 Å². The van der Waals surface area contributed by atoms with Gasteiger partial charge < -0.3 is 19.2 Å². The molecule has 1 saturated heterocycles. The third-order valence-electron chi connectivity index (χ3n) is 4.13. The van der Waals surface area contributed by atoms with Crippen LogP contribution in [-0.2, 0) is 4.65 Å². The molecule has 1 heterocycles. The van der Waals surface area contributed by atoms with Crippen molar-refractivity contribution in [2.75, 3.05) is 20.3 Å². The average Bonchev–Trinajstić information content (AvgIpc) is 3.02. The number of rotatable bonds is 5. The first-order valence-electron chi connectivity index (χ1n) is 7.92. The third-order valence-corrected chi connectivity index (χ3v) is 4.13. The van der Waals surface area contributed by atoms with E-state index in [-0.39, 0.29) is 5.92 Å². The maximum absolute atomic E-state index is 9.55. The Morgan fingerprint density at radius 3 is 2.70 bits per heavy atom. The number of hydrogen-bond donors (Lipinski definition) is 1. The maximum Gasteiger partial charge on any atom is 0.454 e. The molecule has 0 amide bonds. The molecule has 2 aromatic carbocycles. The van der Waals surface area contributed by atoms with Crippen LogP contribution < -0.4 is 9.47 Å². The second kappa shape index (κ2) is 7.07. The highest BCUT2D eigenvalue weighted by Gasteiger charge is 2.29. The van der Waals surface area contributed by atoms with Gasteiger partial charge in [0.1, 0.15) is 0 Å². The van der Waals surface area contributed by atoms with E-state index < -0.39 is 7.12 Å². The Morgan fingerprint density at radius 2 is 2.00 bits per heavy atom. The fourth-order valence-corrected chi connectivity index (χ4v) is 2.94. The van der Waals surface area contributed by atoms with E-state index >= 15 is 0 Å². The first kappa shape index (κ1) is 15.9. The Bertz CT molecular complexity index is 674. The molecule has 2 aromatic rings. The normalized spacial score (nSPS) is 17.3. The molecule has 5 heteroatoms. The van der Waals surface area contributed by atoms with Crippen LogP contribution >= 0.6 is 0 Å². The summed E-state index contributed by atoms with van der Waals surface area (Å²) in [4.78, 5) is 0. The van der Waals surface area contributed by atoms with Gasteiger partial charge in [-0.3, -0.25) is 0 Å². The molecule has 1 fully saturated rings. The number of methoxy groups -OCH3 is 1. The maximum atomic E-state index is 9.55. The quantitative estimate of drug-likeness (QED) is 0.860. The molecular formula is C18H21BO4. The van der Waals surface area contributed by atoms with Gasteiger partial charge in [-0.2, -0.15) is 0 Å². The van der Waals surface area contributed by atoms with Crippen molar-refractivity contribution < 1.29 is 19.2 Å². The molecule has 0 aliphatic carbocycles. The molecule has 0 bridgehead atoms. The Hall–Kier alpha value is -1.98. The van der Waals surface area contributed by atoms with E-state index in [0.717, 1.165) is 22.6 Å². The van der Waals surface area contributed by atoms with Crippen molar-refractivity contribution in [1.29, 1.82) is 0 Å². The van der Waals surface area contributed by atoms with E-state index in [0.29, 0.717) is 19.5 Å². The molecule has 120 valence electrons. The SMILES string of the molecule is CCOc1cc(-c2cccc([C@H]3COB(O)C3)c2)ccc1OC. The van der Waals surface area contributed by atoms with Crippen molar-refractivity contribution in [3.05, 3.63) is 48.0 Å². The van der Waals surface area contributed by atoms with Gasteiger partial charge in [0.15, 0.2) is 11.5 Å². The van der Waals surface area contributed by atoms with Gasteiger partial charge in [0.2, 0.25) is 0 Å². The Balaban J connectivity index is 1.91. The van der Waals surface area contributed by atoms with Crippen LogP contribution in [0.1, 0.15) is 18.4 Å². The lowest BCUT2D eigenvalue weighted by atomic mass is 9.79. The lowest BCUT2D eigenvalue weighted by Crippen LogP contribution is -2.07. The van der Waals surface area contributed by atoms with Crippen molar-refractivity contribution in [3.63, 3.8) is 0 Å². The topological polar surface area (TPSA) is 47.9 Å². The van der Waals surface area contributed by atoms with Crippen LogP contribution in [-0.4, -0.2) is 32.5 Å². The lowest BCUT2D eigenvalue weighted by molar-refractivity contribution is 0.292. The molecule has 1 N–H and O–H groups in total. The largest absolute Gasteiger partial charge is 0.493 e. The summed E-state index contributed by atoms with van der Waals surface area (Å²) in [5, 5.41) is 9.55. The number of benzene rings is 2. The summed E-state index contributed by atoms with van der Waals surface area (Å²) in [5.74, 6) is 1.73. The third kappa shape index (κ3) is 3.51. The minimum Gasteiger partial charge on any atom is -0.493 e. The monoisotopic (exact) mass is 312 g/mol. The highest BCUT2D eigenvalue weighted by atomic mass is 16.5. The Kier molecular flexibility index (Phi) is 4.89. The van der Waals surface area contributed by atoms with E-state index in [9.17, 15) is 5.02 Å². The predicted molar refractivity (Wildman–Crippen MR) is 91.1 cm³/mol. The van der Waals surface area contributed by atoms with Gasteiger partial charge in [0.25, 0.3) is 0 Å². The summed E-state index contributed by atoms with van der Waals surface area (Å²) in [7, 11) is 0.998. The van der Waals surface area contributed by atoms with Gasteiger partial charge in [0, 0.05) is 12.5 Å². The summed E-state index contributed by atoms with van der Waals surface area (Å²) < 4.78 is 16.3. The molecule has 0 radical (unpaired) electrons. The van der Waals surface area contributed by atoms with Crippen molar-refractivity contribution in [3.8, 4) is 22.6 Å². The molecule has 1 aliphatic rings. The first-order chi connectivity index (χ1) is 11.2. The summed E-state index contributed by atoms with van der Waals surface area (Å²) in [5.41, 5.74) is 3.39. The Labute approximate surface area is 137 Å². The van der Waals surface area contributed by atoms with Gasteiger partial charge in [-0.05, 0) is 42.1 Å².